The van der Waals surface area contributed by atoms with Crippen LogP contribution in [-0.4, -0.2) is 34.0 Å². The number of ether oxygens (including phenoxy) is 1. The summed E-state index contributed by atoms with van der Waals surface area (Å²) in [5, 5.41) is 1.79. The molecular weight excluding hydrogens is 424 g/mol. The van der Waals surface area contributed by atoms with Crippen LogP contribution in [0.5, 0.6) is 5.75 Å². The van der Waals surface area contributed by atoms with Crippen molar-refractivity contribution in [3.8, 4) is 5.75 Å². The molecule has 2 atom stereocenters. The summed E-state index contributed by atoms with van der Waals surface area (Å²) in [4.78, 5) is 45.5. The van der Waals surface area contributed by atoms with Crippen molar-refractivity contribution < 1.29 is 19.1 Å². The molecule has 6 nitrogen and oxygen atoms in total. The number of Topliss-reactive ketones (excluding diaryl/α,β-unsaturated/α-hetero) is 2. The maximum Gasteiger partial charge on any atom is 0.291 e. The fraction of sp³-hybridized carbons (Fsp3) is 0.280. The summed E-state index contributed by atoms with van der Waals surface area (Å²) in [6.07, 6.45) is 5.25. The third-order valence-corrected chi connectivity index (χ3v) is 6.38. The number of nitrogens with zero attached hydrogens (tertiary/aromatic N) is 2. The number of amides is 1. The van der Waals surface area contributed by atoms with Crippen LogP contribution in [0.1, 0.15) is 46.6 Å². The standard InChI is InChI=1S/C25H24N2O4S/c1-2-3-12-31-19-9-4-8-18(14-19)22-21(23(28)20-10-6-13-32-20)24(29)25(30)27(22)16-17-7-5-11-26-15-17/h4-11,13-15,21-22H,2-3,12,16H2,1H3. The van der Waals surface area contributed by atoms with E-state index >= 15 is 0 Å². The van der Waals surface area contributed by atoms with E-state index in [1.807, 2.05) is 30.3 Å². The van der Waals surface area contributed by atoms with Crippen LogP contribution in [0.25, 0.3) is 0 Å². The molecule has 0 bridgehead atoms. The highest BCUT2D eigenvalue weighted by Gasteiger charge is 2.51. The summed E-state index contributed by atoms with van der Waals surface area (Å²) in [6, 6.07) is 13.7. The molecule has 1 aliphatic rings. The van der Waals surface area contributed by atoms with Crippen molar-refractivity contribution in [1.82, 2.24) is 9.88 Å². The van der Waals surface area contributed by atoms with Gasteiger partial charge in [-0.1, -0.05) is 37.6 Å². The first-order valence-electron chi connectivity index (χ1n) is 10.6. The largest absolute Gasteiger partial charge is 0.494 e. The highest BCUT2D eigenvalue weighted by atomic mass is 32.1. The maximum atomic E-state index is 13.3. The number of carbonyl (C=O) groups excluding carboxylic acids is 3. The third-order valence-electron chi connectivity index (χ3n) is 5.49. The quantitative estimate of drug-likeness (QED) is 0.209. The van der Waals surface area contributed by atoms with Crippen molar-refractivity contribution in [2.75, 3.05) is 6.61 Å². The van der Waals surface area contributed by atoms with E-state index in [1.54, 1.807) is 36.0 Å². The lowest BCUT2D eigenvalue weighted by Gasteiger charge is -2.27. The van der Waals surface area contributed by atoms with Gasteiger partial charge in [0, 0.05) is 18.9 Å². The van der Waals surface area contributed by atoms with Gasteiger partial charge in [-0.3, -0.25) is 19.4 Å². The highest BCUT2D eigenvalue weighted by Crippen LogP contribution is 2.40. The molecule has 0 aliphatic carbocycles. The van der Waals surface area contributed by atoms with E-state index in [0.29, 0.717) is 22.8 Å². The van der Waals surface area contributed by atoms with Gasteiger partial charge in [0.15, 0.2) is 5.78 Å². The molecular formula is C25H24N2O4S. The molecule has 0 spiro atoms. The van der Waals surface area contributed by atoms with Gasteiger partial charge in [0.2, 0.25) is 5.78 Å². The molecule has 0 N–H and O–H groups in total. The number of pyridine rings is 1. The number of likely N-dealkylation sites (tertiary alicyclic amines) is 1. The Hall–Kier alpha value is -3.32. The summed E-state index contributed by atoms with van der Waals surface area (Å²) >= 11 is 1.27. The lowest BCUT2D eigenvalue weighted by Crippen LogP contribution is -2.30. The summed E-state index contributed by atoms with van der Waals surface area (Å²) in [5.41, 5.74) is 1.50. The van der Waals surface area contributed by atoms with Gasteiger partial charge in [-0.25, -0.2) is 0 Å². The zero-order chi connectivity index (χ0) is 22.5. The fourth-order valence-corrected chi connectivity index (χ4v) is 4.62. The van der Waals surface area contributed by atoms with Crippen molar-refractivity contribution in [3.05, 3.63) is 82.3 Å². The van der Waals surface area contributed by atoms with Gasteiger partial charge in [-0.05, 0) is 47.2 Å². The van der Waals surface area contributed by atoms with Crippen LogP contribution in [0.2, 0.25) is 0 Å². The Morgan fingerprint density at radius 1 is 1.16 bits per heavy atom. The Balaban J connectivity index is 1.73. The Labute approximate surface area is 190 Å². The van der Waals surface area contributed by atoms with Crippen LogP contribution >= 0.6 is 11.3 Å². The van der Waals surface area contributed by atoms with E-state index in [1.165, 1.54) is 16.2 Å². The Morgan fingerprint density at radius 2 is 2.03 bits per heavy atom. The molecule has 0 radical (unpaired) electrons. The van der Waals surface area contributed by atoms with Crippen molar-refractivity contribution >= 4 is 28.8 Å². The van der Waals surface area contributed by atoms with Gasteiger partial charge in [0.25, 0.3) is 5.91 Å². The van der Waals surface area contributed by atoms with Gasteiger partial charge < -0.3 is 9.64 Å². The molecule has 0 saturated carbocycles. The van der Waals surface area contributed by atoms with Crippen LogP contribution in [0.4, 0.5) is 0 Å². The van der Waals surface area contributed by atoms with Gasteiger partial charge in [-0.15, -0.1) is 11.3 Å². The fourth-order valence-electron chi connectivity index (χ4n) is 3.91. The molecule has 7 heteroatoms. The smallest absolute Gasteiger partial charge is 0.291 e. The normalized spacial score (nSPS) is 18.2. The van der Waals surface area contributed by atoms with Crippen LogP contribution in [0.3, 0.4) is 0 Å². The lowest BCUT2D eigenvalue weighted by molar-refractivity contribution is -0.141. The second-order valence-electron chi connectivity index (χ2n) is 7.70. The van der Waals surface area contributed by atoms with Crippen LogP contribution in [-0.2, 0) is 16.1 Å². The summed E-state index contributed by atoms with van der Waals surface area (Å²) < 4.78 is 5.84. The van der Waals surface area contributed by atoms with Gasteiger partial charge >= 0.3 is 0 Å². The lowest BCUT2D eigenvalue weighted by atomic mass is 9.88. The highest BCUT2D eigenvalue weighted by molar-refractivity contribution is 7.12. The number of ketones is 2. The summed E-state index contributed by atoms with van der Waals surface area (Å²) in [6.45, 7) is 2.87. The van der Waals surface area contributed by atoms with Crippen LogP contribution in [0, 0.1) is 5.92 Å². The number of carbonyl (C=O) groups is 3. The number of unbranched alkanes of at least 4 members (excludes halogenated alkanes) is 1. The minimum Gasteiger partial charge on any atom is -0.494 e. The average Bonchev–Trinajstić information content (AvgIpc) is 3.43. The molecule has 32 heavy (non-hydrogen) atoms. The first-order chi connectivity index (χ1) is 15.6. The Kier molecular flexibility index (Phi) is 6.75. The van der Waals surface area contributed by atoms with E-state index < -0.39 is 23.7 Å². The van der Waals surface area contributed by atoms with E-state index in [9.17, 15) is 14.4 Å². The van der Waals surface area contributed by atoms with Crippen molar-refractivity contribution in [2.45, 2.75) is 32.4 Å². The van der Waals surface area contributed by atoms with Crippen molar-refractivity contribution in [1.29, 1.82) is 0 Å². The zero-order valence-electron chi connectivity index (χ0n) is 17.8. The average molecular weight is 449 g/mol. The molecule has 3 heterocycles. The Bertz CT molecular complexity index is 1100. The monoisotopic (exact) mass is 448 g/mol. The van der Waals surface area contributed by atoms with Crippen LogP contribution in [0.15, 0.2) is 66.3 Å². The number of thiophene rings is 1. The van der Waals surface area contributed by atoms with Crippen molar-refractivity contribution in [2.24, 2.45) is 5.92 Å². The van der Waals surface area contributed by atoms with Gasteiger partial charge in [0.05, 0.1) is 17.5 Å². The van der Waals surface area contributed by atoms with Gasteiger partial charge in [0.1, 0.15) is 11.7 Å². The molecule has 1 saturated heterocycles. The second-order valence-corrected chi connectivity index (χ2v) is 8.64. The molecule has 2 unspecified atom stereocenters. The minimum absolute atomic E-state index is 0.193. The van der Waals surface area contributed by atoms with E-state index in [4.69, 9.17) is 4.74 Å². The first kappa shape index (κ1) is 21.9. The van der Waals surface area contributed by atoms with Crippen molar-refractivity contribution in [3.63, 3.8) is 0 Å². The Morgan fingerprint density at radius 3 is 2.75 bits per heavy atom. The third kappa shape index (κ3) is 4.48. The summed E-state index contributed by atoms with van der Waals surface area (Å²) in [5.74, 6) is -2.08. The van der Waals surface area contributed by atoms with E-state index in [0.717, 1.165) is 18.4 Å². The van der Waals surface area contributed by atoms with E-state index in [2.05, 4.69) is 11.9 Å². The maximum absolute atomic E-state index is 13.3. The second kappa shape index (κ2) is 9.87. The zero-order valence-corrected chi connectivity index (χ0v) is 18.6. The number of aromatic nitrogens is 1. The molecule has 2 aromatic heterocycles. The molecule has 3 aromatic rings. The number of benzene rings is 1. The molecule has 1 fully saturated rings. The number of rotatable bonds is 9. The molecule has 1 aliphatic heterocycles. The predicted octanol–water partition coefficient (Wildman–Crippen LogP) is 4.47. The number of hydrogen-bond donors (Lipinski definition) is 0. The molecule has 4 rings (SSSR count). The molecule has 164 valence electrons. The van der Waals surface area contributed by atoms with E-state index in [-0.39, 0.29) is 12.3 Å². The summed E-state index contributed by atoms with van der Waals surface area (Å²) in [7, 11) is 0. The van der Waals surface area contributed by atoms with Gasteiger partial charge in [-0.2, -0.15) is 0 Å². The van der Waals surface area contributed by atoms with Crippen LogP contribution < -0.4 is 4.74 Å². The first-order valence-corrected chi connectivity index (χ1v) is 11.5. The molecule has 1 aromatic carbocycles. The topological polar surface area (TPSA) is 76.6 Å². The number of hydrogen-bond acceptors (Lipinski definition) is 6. The molecule has 1 amide bonds. The predicted molar refractivity (Wildman–Crippen MR) is 122 cm³/mol. The SMILES string of the molecule is CCCCOc1cccc(C2C(C(=O)c3cccs3)C(=O)C(=O)N2Cc2cccnc2)c1. The minimum atomic E-state index is -1.09.